The fraction of sp³-hybridized carbons (Fsp3) is 0.250. The number of hydrogen-bond acceptors (Lipinski definition) is 2. The highest BCUT2D eigenvalue weighted by molar-refractivity contribution is 6.33. The molecule has 0 bridgehead atoms. The lowest BCUT2D eigenvalue weighted by Crippen LogP contribution is -2.10. The zero-order valence-electron chi connectivity index (χ0n) is 6.90. The molecule has 0 saturated carbocycles. The molecular weight excluding hydrogens is 219 g/mol. The zero-order valence-corrected chi connectivity index (χ0v) is 7.65. The molecule has 3 N–H and O–H groups in total. The van der Waals surface area contributed by atoms with Gasteiger partial charge in [0.1, 0.15) is 0 Å². The molecule has 6 heteroatoms. The summed E-state index contributed by atoms with van der Waals surface area (Å²) >= 11 is 5.47. The van der Waals surface area contributed by atoms with Gasteiger partial charge >= 0.3 is 6.18 Å². The Labute approximate surface area is 83.1 Å². The Kier molecular flexibility index (Phi) is 2.92. The van der Waals surface area contributed by atoms with Gasteiger partial charge in [-0.05, 0) is 17.7 Å². The highest BCUT2D eigenvalue weighted by atomic mass is 35.5. The molecule has 0 atom stereocenters. The van der Waals surface area contributed by atoms with E-state index in [0.29, 0.717) is 0 Å². The first kappa shape index (κ1) is 11.1. The van der Waals surface area contributed by atoms with Crippen LogP contribution in [0.25, 0.3) is 0 Å². The van der Waals surface area contributed by atoms with Gasteiger partial charge in [0.25, 0.3) is 0 Å². The average molecular weight is 226 g/mol. The molecule has 78 valence electrons. The Bertz CT molecular complexity index is 351. The van der Waals surface area contributed by atoms with Crippen molar-refractivity contribution in [1.29, 1.82) is 0 Å². The van der Waals surface area contributed by atoms with Gasteiger partial charge in [-0.2, -0.15) is 13.2 Å². The van der Waals surface area contributed by atoms with Crippen LogP contribution in [0, 0.1) is 0 Å². The van der Waals surface area contributed by atoms with Crippen LogP contribution in [0.3, 0.4) is 0 Å². The van der Waals surface area contributed by atoms with Crippen LogP contribution in [0.4, 0.5) is 18.9 Å². The maximum Gasteiger partial charge on any atom is 0.418 e. The Morgan fingerprint density at radius 3 is 2.36 bits per heavy atom. The van der Waals surface area contributed by atoms with E-state index < -0.39 is 24.0 Å². The van der Waals surface area contributed by atoms with E-state index in [9.17, 15) is 13.2 Å². The molecule has 2 nitrogen and oxygen atoms in total. The van der Waals surface area contributed by atoms with E-state index in [1.807, 2.05) is 0 Å². The number of hydrogen-bond donors (Lipinski definition) is 2. The van der Waals surface area contributed by atoms with Crippen LogP contribution < -0.4 is 5.73 Å². The van der Waals surface area contributed by atoms with E-state index in [4.69, 9.17) is 22.4 Å². The summed E-state index contributed by atoms with van der Waals surface area (Å²) in [6.07, 6.45) is -4.56. The number of nitrogen functional groups attached to an aromatic ring is 1. The third-order valence-electron chi connectivity index (χ3n) is 1.68. The molecule has 14 heavy (non-hydrogen) atoms. The Balaban J connectivity index is 3.35. The second kappa shape index (κ2) is 3.67. The smallest absolute Gasteiger partial charge is 0.397 e. The summed E-state index contributed by atoms with van der Waals surface area (Å²) in [6.45, 7) is -0.511. The molecular formula is C8H7ClF3NO. The van der Waals surface area contributed by atoms with Gasteiger partial charge in [-0.15, -0.1) is 0 Å². The first-order valence-electron chi connectivity index (χ1n) is 3.62. The van der Waals surface area contributed by atoms with Crippen molar-refractivity contribution in [3.63, 3.8) is 0 Å². The van der Waals surface area contributed by atoms with Gasteiger partial charge in [0.15, 0.2) is 0 Å². The van der Waals surface area contributed by atoms with Crippen molar-refractivity contribution in [1.82, 2.24) is 0 Å². The first-order valence-corrected chi connectivity index (χ1v) is 4.00. The zero-order chi connectivity index (χ0) is 10.9. The van der Waals surface area contributed by atoms with E-state index in [1.165, 1.54) is 6.07 Å². The predicted molar refractivity (Wildman–Crippen MR) is 46.8 cm³/mol. The quantitative estimate of drug-likeness (QED) is 0.721. The van der Waals surface area contributed by atoms with Crippen molar-refractivity contribution < 1.29 is 18.3 Å². The summed E-state index contributed by atoms with van der Waals surface area (Å²) in [6, 6.07) is 1.98. The lowest BCUT2D eigenvalue weighted by Gasteiger charge is -2.12. The number of aliphatic hydroxyl groups is 1. The molecule has 1 rings (SSSR count). The van der Waals surface area contributed by atoms with Crippen LogP contribution in [0.1, 0.15) is 11.1 Å². The summed E-state index contributed by atoms with van der Waals surface area (Å²) in [5.41, 5.74) is 3.70. The monoisotopic (exact) mass is 225 g/mol. The molecule has 0 radical (unpaired) electrons. The van der Waals surface area contributed by atoms with Gasteiger partial charge in [-0.3, -0.25) is 0 Å². The van der Waals surface area contributed by atoms with Gasteiger partial charge < -0.3 is 10.8 Å². The van der Waals surface area contributed by atoms with Gasteiger partial charge in [0.05, 0.1) is 22.9 Å². The summed E-state index contributed by atoms with van der Waals surface area (Å²) in [5.74, 6) is 0. The standard InChI is InChI=1S/C8H7ClF3NO/c9-6-2-4(3-14)1-5(7(6)13)8(10,11)12/h1-2,14H,3,13H2. The summed E-state index contributed by atoms with van der Waals surface area (Å²) < 4.78 is 37.0. The van der Waals surface area contributed by atoms with Crippen LogP contribution in [0.15, 0.2) is 12.1 Å². The number of halogens is 4. The van der Waals surface area contributed by atoms with Gasteiger partial charge in [0, 0.05) is 0 Å². The fourth-order valence-corrected chi connectivity index (χ4v) is 1.24. The minimum absolute atomic E-state index is 0.0801. The van der Waals surface area contributed by atoms with E-state index in [-0.39, 0.29) is 10.6 Å². The number of rotatable bonds is 1. The van der Waals surface area contributed by atoms with Gasteiger partial charge in [0.2, 0.25) is 0 Å². The fourth-order valence-electron chi connectivity index (χ4n) is 1.000. The van der Waals surface area contributed by atoms with Gasteiger partial charge in [-0.1, -0.05) is 11.6 Å². The number of aliphatic hydroxyl groups excluding tert-OH is 1. The largest absolute Gasteiger partial charge is 0.418 e. The van der Waals surface area contributed by atoms with Gasteiger partial charge in [-0.25, -0.2) is 0 Å². The molecule has 0 heterocycles. The second-order valence-corrected chi connectivity index (χ2v) is 3.10. The highest BCUT2D eigenvalue weighted by Crippen LogP contribution is 2.37. The molecule has 0 aliphatic heterocycles. The van der Waals surface area contributed by atoms with E-state index in [2.05, 4.69) is 0 Å². The molecule has 0 aromatic heterocycles. The topological polar surface area (TPSA) is 46.2 Å². The van der Waals surface area contributed by atoms with Crippen LogP contribution >= 0.6 is 11.6 Å². The summed E-state index contributed by atoms with van der Waals surface area (Å²) in [7, 11) is 0. The van der Waals surface area contributed by atoms with E-state index in [0.717, 1.165) is 6.07 Å². The number of nitrogens with two attached hydrogens (primary N) is 1. The van der Waals surface area contributed by atoms with Crippen molar-refractivity contribution in [2.24, 2.45) is 0 Å². The molecule has 0 amide bonds. The lowest BCUT2D eigenvalue weighted by atomic mass is 10.1. The van der Waals surface area contributed by atoms with Crippen molar-refractivity contribution >= 4 is 17.3 Å². The average Bonchev–Trinajstić information content (AvgIpc) is 2.07. The molecule has 0 fully saturated rings. The van der Waals surface area contributed by atoms with Crippen LogP contribution in [-0.4, -0.2) is 5.11 Å². The minimum atomic E-state index is -4.56. The molecule has 0 aliphatic carbocycles. The molecule has 0 unspecified atom stereocenters. The van der Waals surface area contributed by atoms with Crippen molar-refractivity contribution in [2.75, 3.05) is 5.73 Å². The van der Waals surface area contributed by atoms with Crippen LogP contribution in [0.5, 0.6) is 0 Å². The maximum absolute atomic E-state index is 12.3. The molecule has 1 aromatic carbocycles. The van der Waals surface area contributed by atoms with E-state index in [1.54, 1.807) is 0 Å². The van der Waals surface area contributed by atoms with E-state index >= 15 is 0 Å². The first-order chi connectivity index (χ1) is 6.36. The SMILES string of the molecule is Nc1c(Cl)cc(CO)cc1C(F)(F)F. The summed E-state index contributed by atoms with van der Waals surface area (Å²) in [4.78, 5) is 0. The third-order valence-corrected chi connectivity index (χ3v) is 1.99. The second-order valence-electron chi connectivity index (χ2n) is 2.69. The Morgan fingerprint density at radius 1 is 1.36 bits per heavy atom. The van der Waals surface area contributed by atoms with Crippen molar-refractivity contribution in [3.05, 3.63) is 28.3 Å². The normalized spacial score (nSPS) is 11.8. The summed E-state index contributed by atoms with van der Waals surface area (Å²) in [5, 5.41) is 8.47. The Hall–Kier alpha value is -0.940. The lowest BCUT2D eigenvalue weighted by molar-refractivity contribution is -0.137. The van der Waals surface area contributed by atoms with Crippen LogP contribution in [-0.2, 0) is 12.8 Å². The maximum atomic E-state index is 12.3. The number of anilines is 1. The molecule has 1 aromatic rings. The minimum Gasteiger partial charge on any atom is -0.397 e. The third kappa shape index (κ3) is 2.10. The van der Waals surface area contributed by atoms with Crippen molar-refractivity contribution in [3.8, 4) is 0 Å². The molecule has 0 aliphatic rings. The molecule has 0 saturated heterocycles. The number of alkyl halides is 3. The van der Waals surface area contributed by atoms with Crippen LogP contribution in [0.2, 0.25) is 5.02 Å². The predicted octanol–water partition coefficient (Wildman–Crippen LogP) is 2.43. The molecule has 0 spiro atoms. The number of benzene rings is 1. The Morgan fingerprint density at radius 2 is 1.93 bits per heavy atom. The van der Waals surface area contributed by atoms with Crippen molar-refractivity contribution in [2.45, 2.75) is 12.8 Å². The highest BCUT2D eigenvalue weighted by Gasteiger charge is 2.34.